The smallest absolute Gasteiger partial charge is 0.267 e. The molecule has 0 aliphatic heterocycles. The summed E-state index contributed by atoms with van der Waals surface area (Å²) >= 11 is 6.63. The van der Waals surface area contributed by atoms with Gasteiger partial charge in [-0.25, -0.2) is 4.98 Å². The van der Waals surface area contributed by atoms with Crippen LogP contribution in [0.15, 0.2) is 58.5 Å². The van der Waals surface area contributed by atoms with Crippen molar-refractivity contribution in [2.75, 3.05) is 5.32 Å². The largest absolute Gasteiger partial charge is 0.434 e. The summed E-state index contributed by atoms with van der Waals surface area (Å²) in [6.07, 6.45) is 1.67. The number of thiocarbonyl (C=S) groups is 1. The van der Waals surface area contributed by atoms with Crippen LogP contribution in [0.3, 0.4) is 0 Å². The summed E-state index contributed by atoms with van der Waals surface area (Å²) in [5, 5.41) is 7.82. The second-order valence-corrected chi connectivity index (χ2v) is 7.12. The Kier molecular flexibility index (Phi) is 4.66. The molecule has 0 bridgehead atoms. The fraction of sp³-hybridized carbons (Fsp3) is 0.0526. The number of fused-ring (bicyclic) bond motifs is 1. The maximum absolute atomic E-state index is 12.1. The number of aryl methyl sites for hydroxylation is 1. The number of carbonyl (C=O) groups excluding carboxylic acids is 1. The molecular weight excluding hydrogens is 380 g/mol. The average Bonchev–Trinajstić information content (AvgIpc) is 3.33. The zero-order valence-electron chi connectivity index (χ0n) is 14.2. The van der Waals surface area contributed by atoms with Gasteiger partial charge < -0.3 is 9.73 Å². The predicted molar refractivity (Wildman–Crippen MR) is 110 cm³/mol. The van der Waals surface area contributed by atoms with Crippen molar-refractivity contribution >= 4 is 51.5 Å². The normalized spacial score (nSPS) is 10.7. The van der Waals surface area contributed by atoms with Crippen molar-refractivity contribution in [2.24, 2.45) is 0 Å². The molecule has 0 fully saturated rings. The molecule has 0 saturated carbocycles. The summed E-state index contributed by atoms with van der Waals surface area (Å²) in [4.78, 5) is 21.3. The number of aromatic nitrogens is 2. The summed E-state index contributed by atoms with van der Waals surface area (Å²) in [6.45, 7) is 1.95. The molecule has 0 aliphatic rings. The molecule has 3 heterocycles. The van der Waals surface area contributed by atoms with E-state index < -0.39 is 0 Å². The third-order valence-corrected chi connectivity index (χ3v) is 4.94. The Morgan fingerprint density at radius 2 is 2.11 bits per heavy atom. The number of anilines is 1. The van der Waals surface area contributed by atoms with Gasteiger partial charge in [0.05, 0.1) is 4.88 Å². The van der Waals surface area contributed by atoms with E-state index in [-0.39, 0.29) is 11.0 Å². The van der Waals surface area contributed by atoms with Gasteiger partial charge in [0.1, 0.15) is 0 Å². The van der Waals surface area contributed by atoms with Crippen molar-refractivity contribution in [1.82, 2.24) is 15.3 Å². The maximum atomic E-state index is 12.1. The second-order valence-electron chi connectivity index (χ2n) is 5.76. The molecule has 1 amide bonds. The van der Waals surface area contributed by atoms with Gasteiger partial charge in [-0.05, 0) is 60.4 Å². The lowest BCUT2D eigenvalue weighted by Crippen LogP contribution is -2.33. The highest BCUT2D eigenvalue weighted by atomic mass is 32.1. The monoisotopic (exact) mass is 394 g/mol. The molecule has 3 aromatic heterocycles. The maximum Gasteiger partial charge on any atom is 0.267 e. The van der Waals surface area contributed by atoms with Crippen LogP contribution in [-0.4, -0.2) is 21.0 Å². The molecule has 0 aliphatic carbocycles. The van der Waals surface area contributed by atoms with Gasteiger partial charge >= 0.3 is 0 Å². The highest BCUT2D eigenvalue weighted by molar-refractivity contribution is 7.80. The van der Waals surface area contributed by atoms with Crippen LogP contribution in [0.5, 0.6) is 0 Å². The molecule has 0 atom stereocenters. The molecule has 27 heavy (non-hydrogen) atoms. The predicted octanol–water partition coefficient (Wildman–Crippen LogP) is 4.39. The zero-order valence-corrected chi connectivity index (χ0v) is 15.9. The van der Waals surface area contributed by atoms with E-state index in [4.69, 9.17) is 16.6 Å². The first-order valence-electron chi connectivity index (χ1n) is 8.08. The van der Waals surface area contributed by atoms with Crippen molar-refractivity contribution in [3.63, 3.8) is 0 Å². The fourth-order valence-corrected chi connectivity index (χ4v) is 3.33. The Morgan fingerprint density at radius 1 is 1.22 bits per heavy atom. The number of amides is 1. The van der Waals surface area contributed by atoms with Crippen molar-refractivity contribution in [3.05, 3.63) is 64.5 Å². The first kappa shape index (κ1) is 17.3. The highest BCUT2D eigenvalue weighted by Crippen LogP contribution is 2.27. The van der Waals surface area contributed by atoms with Gasteiger partial charge in [-0.3, -0.25) is 10.1 Å². The van der Waals surface area contributed by atoms with Crippen LogP contribution >= 0.6 is 23.6 Å². The third-order valence-electron chi connectivity index (χ3n) is 3.87. The summed E-state index contributed by atoms with van der Waals surface area (Å²) in [6, 6.07) is 12.9. The molecular formula is C19H14N4O2S2. The van der Waals surface area contributed by atoms with Crippen LogP contribution < -0.4 is 10.6 Å². The summed E-state index contributed by atoms with van der Waals surface area (Å²) < 4.78 is 5.76. The van der Waals surface area contributed by atoms with Crippen LogP contribution in [0, 0.1) is 6.92 Å². The number of nitrogens with zero attached hydrogens (tertiary/aromatic N) is 2. The van der Waals surface area contributed by atoms with Gasteiger partial charge in [0, 0.05) is 17.4 Å². The van der Waals surface area contributed by atoms with Crippen molar-refractivity contribution in [1.29, 1.82) is 0 Å². The zero-order chi connectivity index (χ0) is 18.8. The van der Waals surface area contributed by atoms with E-state index in [2.05, 4.69) is 20.6 Å². The van der Waals surface area contributed by atoms with Gasteiger partial charge in [0.25, 0.3) is 5.91 Å². The van der Waals surface area contributed by atoms with Gasteiger partial charge in [-0.1, -0.05) is 12.1 Å². The Morgan fingerprint density at radius 3 is 2.89 bits per heavy atom. The first-order chi connectivity index (χ1) is 13.1. The Bertz CT molecular complexity index is 1100. The fourth-order valence-electron chi connectivity index (χ4n) is 2.51. The van der Waals surface area contributed by atoms with E-state index >= 15 is 0 Å². The van der Waals surface area contributed by atoms with E-state index in [1.807, 2.05) is 42.6 Å². The molecule has 0 radical (unpaired) electrons. The number of nitrogens with one attached hydrogen (secondary N) is 2. The number of rotatable bonds is 3. The van der Waals surface area contributed by atoms with E-state index in [0.29, 0.717) is 22.0 Å². The van der Waals surface area contributed by atoms with Gasteiger partial charge in [0.15, 0.2) is 16.3 Å². The number of hydrogen-bond acceptors (Lipinski definition) is 6. The molecule has 2 N–H and O–H groups in total. The van der Waals surface area contributed by atoms with E-state index in [0.717, 1.165) is 16.8 Å². The first-order valence-corrected chi connectivity index (χ1v) is 9.37. The average molecular weight is 394 g/mol. The Labute approximate surface area is 164 Å². The minimum absolute atomic E-state index is 0.230. The van der Waals surface area contributed by atoms with Crippen LogP contribution in [-0.2, 0) is 0 Å². The summed E-state index contributed by atoms with van der Waals surface area (Å²) in [5.41, 5.74) is 3.70. The number of hydrogen-bond donors (Lipinski definition) is 2. The highest BCUT2D eigenvalue weighted by Gasteiger charge is 2.13. The molecule has 4 rings (SSSR count). The van der Waals surface area contributed by atoms with E-state index in [1.165, 1.54) is 11.3 Å². The lowest BCUT2D eigenvalue weighted by Gasteiger charge is -2.12. The lowest BCUT2D eigenvalue weighted by molar-refractivity contribution is 0.0981. The van der Waals surface area contributed by atoms with Crippen molar-refractivity contribution < 1.29 is 9.21 Å². The summed E-state index contributed by atoms with van der Waals surface area (Å²) in [7, 11) is 0. The number of pyridine rings is 1. The molecule has 1 aromatic carbocycles. The minimum Gasteiger partial charge on any atom is -0.434 e. The Balaban J connectivity index is 1.55. The van der Waals surface area contributed by atoms with E-state index in [1.54, 1.807) is 18.3 Å². The molecule has 8 heteroatoms. The van der Waals surface area contributed by atoms with Crippen LogP contribution in [0.1, 0.15) is 15.2 Å². The molecule has 0 unspecified atom stereocenters. The molecule has 6 nitrogen and oxygen atoms in total. The molecule has 4 aromatic rings. The van der Waals surface area contributed by atoms with Gasteiger partial charge in [-0.15, -0.1) is 11.3 Å². The molecule has 134 valence electrons. The summed E-state index contributed by atoms with van der Waals surface area (Å²) in [5.74, 6) is 0.238. The van der Waals surface area contributed by atoms with Crippen LogP contribution in [0.4, 0.5) is 5.69 Å². The SMILES string of the molecule is Cc1ccc(-c2nc3ncccc3o2)cc1NC(=S)NC(=O)c1cccs1. The number of thiophene rings is 1. The number of benzene rings is 1. The quantitative estimate of drug-likeness (QED) is 0.502. The van der Waals surface area contributed by atoms with Crippen LogP contribution in [0.2, 0.25) is 0 Å². The lowest BCUT2D eigenvalue weighted by atomic mass is 10.1. The number of oxazole rings is 1. The van der Waals surface area contributed by atoms with Crippen molar-refractivity contribution in [2.45, 2.75) is 6.92 Å². The minimum atomic E-state index is -0.235. The third kappa shape index (κ3) is 3.71. The van der Waals surface area contributed by atoms with Crippen LogP contribution in [0.25, 0.3) is 22.7 Å². The number of carbonyl (C=O) groups is 1. The molecule has 0 spiro atoms. The van der Waals surface area contributed by atoms with Gasteiger partial charge in [0.2, 0.25) is 5.89 Å². The standard InChI is InChI=1S/C19H14N4O2S2/c1-11-6-7-12(18-22-16-14(25-18)4-2-8-20-16)10-13(11)21-19(26)23-17(24)15-5-3-9-27-15/h2-10H,1H3,(H2,21,23,24,26). The second kappa shape index (κ2) is 7.26. The van der Waals surface area contributed by atoms with Crippen molar-refractivity contribution in [3.8, 4) is 11.5 Å². The van der Waals surface area contributed by atoms with E-state index in [9.17, 15) is 4.79 Å². The topological polar surface area (TPSA) is 80.1 Å². The Hall–Kier alpha value is -3.10. The van der Waals surface area contributed by atoms with Gasteiger partial charge in [-0.2, -0.15) is 4.98 Å². The molecule has 0 saturated heterocycles.